The Morgan fingerprint density at radius 1 is 0.795 bits per heavy atom. The molecule has 0 aromatic carbocycles. The number of hydrogen-bond acceptors (Lipinski definition) is 6. The minimum Gasteiger partial charge on any atom is -0.756 e. The molecule has 0 amide bonds. The molecule has 8 heteroatoms. The Balaban J connectivity index is 3.85. The Morgan fingerprint density at radius 2 is 1.33 bits per heavy atom. The number of allylic oxidation sites excluding steroid dienone is 10. The van der Waals surface area contributed by atoms with Crippen LogP contribution in [0, 0.1) is 0 Å². The lowest BCUT2D eigenvalue weighted by molar-refractivity contribution is -0.870. The molecule has 0 N–H and O–H groups in total. The number of phosphoric acid groups is 1. The number of unbranched alkanes of at least 4 members (excludes halogenated alkanes) is 3. The van der Waals surface area contributed by atoms with E-state index < -0.39 is 13.9 Å². The zero-order valence-corrected chi connectivity index (χ0v) is 26.0. The lowest BCUT2D eigenvalue weighted by atomic mass is 10.1. The first-order valence-electron chi connectivity index (χ1n) is 14.4. The molecule has 0 aromatic heterocycles. The number of likely N-dealkylation sites (N-methyl/N-ethyl adjacent to an activating group) is 1. The van der Waals surface area contributed by atoms with Gasteiger partial charge in [0.1, 0.15) is 19.3 Å². The minimum absolute atomic E-state index is 0.0421. The van der Waals surface area contributed by atoms with Crippen LogP contribution in [0.3, 0.4) is 0 Å². The van der Waals surface area contributed by atoms with E-state index in [1.165, 1.54) is 0 Å². The molecule has 2 unspecified atom stereocenters. The molecule has 0 fully saturated rings. The average Bonchev–Trinajstić information content (AvgIpc) is 2.87. The van der Waals surface area contributed by atoms with E-state index in [4.69, 9.17) is 13.8 Å². The summed E-state index contributed by atoms with van der Waals surface area (Å²) in [7, 11) is 1.41. The van der Waals surface area contributed by atoms with Crippen LogP contribution in [0.25, 0.3) is 0 Å². The van der Waals surface area contributed by atoms with E-state index in [0.29, 0.717) is 23.9 Å². The fourth-order valence-electron chi connectivity index (χ4n) is 3.20. The first-order valence-corrected chi connectivity index (χ1v) is 15.9. The molecule has 0 heterocycles. The third-order valence-corrected chi connectivity index (χ3v) is 6.56. The van der Waals surface area contributed by atoms with Gasteiger partial charge in [-0.2, -0.15) is 0 Å². The maximum absolute atomic E-state index is 12.1. The number of phosphoric ester groups is 1. The molecule has 0 saturated carbocycles. The molecule has 0 radical (unpaired) electrons. The molecule has 2 atom stereocenters. The Morgan fingerprint density at radius 3 is 1.85 bits per heavy atom. The van der Waals surface area contributed by atoms with E-state index in [2.05, 4.69) is 67.7 Å². The second-order valence-corrected chi connectivity index (χ2v) is 11.8. The zero-order valence-electron chi connectivity index (χ0n) is 25.1. The summed E-state index contributed by atoms with van der Waals surface area (Å²) in [6, 6.07) is 0. The minimum atomic E-state index is -4.42. The Kier molecular flexibility index (Phi) is 23.0. The fourth-order valence-corrected chi connectivity index (χ4v) is 3.92. The van der Waals surface area contributed by atoms with E-state index in [9.17, 15) is 14.3 Å². The number of nitrogens with zero attached hydrogens (tertiary/aromatic N) is 1. The summed E-state index contributed by atoms with van der Waals surface area (Å²) >= 11 is 0. The number of esters is 1. The van der Waals surface area contributed by atoms with Gasteiger partial charge in [0.25, 0.3) is 7.82 Å². The summed E-state index contributed by atoms with van der Waals surface area (Å²) in [5.74, 6) is -0.327. The van der Waals surface area contributed by atoms with Gasteiger partial charge in [-0.3, -0.25) is 9.36 Å². The van der Waals surface area contributed by atoms with E-state index in [1.54, 1.807) is 0 Å². The first kappa shape index (κ1) is 37.2. The van der Waals surface area contributed by atoms with E-state index in [0.717, 1.165) is 57.8 Å². The highest BCUT2D eigenvalue weighted by Gasteiger charge is 2.18. The van der Waals surface area contributed by atoms with Gasteiger partial charge in [0.2, 0.25) is 0 Å². The molecule has 0 aromatic rings. The molecular formula is C31H54NO6P. The zero-order chi connectivity index (χ0) is 29.2. The fraction of sp³-hybridized carbons (Fsp3) is 0.645. The monoisotopic (exact) mass is 567 g/mol. The maximum Gasteiger partial charge on any atom is 0.306 e. The van der Waals surface area contributed by atoms with Gasteiger partial charge in [-0.1, -0.05) is 81.0 Å². The summed E-state index contributed by atoms with van der Waals surface area (Å²) in [6.07, 6.45) is 30.7. The SMILES string of the molecule is CC/C=C\C/C=C\C/C=C\C/C=C\C/C=C\CCCCCC(=O)OC(CC)COP(=O)([O-])OCC[N+](C)(C)C. The van der Waals surface area contributed by atoms with Crippen molar-refractivity contribution >= 4 is 13.8 Å². The quantitative estimate of drug-likeness (QED) is 0.0403. The summed E-state index contributed by atoms with van der Waals surface area (Å²) in [4.78, 5) is 24.0. The van der Waals surface area contributed by atoms with Crippen molar-refractivity contribution in [1.29, 1.82) is 0 Å². The van der Waals surface area contributed by atoms with Crippen LogP contribution in [-0.2, 0) is 23.1 Å². The number of carbonyl (C=O) groups is 1. The largest absolute Gasteiger partial charge is 0.756 e. The second kappa shape index (κ2) is 24.1. The molecule has 7 nitrogen and oxygen atoms in total. The lowest BCUT2D eigenvalue weighted by Gasteiger charge is -2.28. The van der Waals surface area contributed by atoms with E-state index in [-0.39, 0.29) is 19.2 Å². The summed E-state index contributed by atoms with van der Waals surface area (Å²) in [6.45, 7) is 4.31. The van der Waals surface area contributed by atoms with Gasteiger partial charge in [-0.05, 0) is 57.8 Å². The molecule has 0 spiro atoms. The second-order valence-electron chi connectivity index (χ2n) is 10.4. The Bertz CT molecular complexity index is 810. The van der Waals surface area contributed by atoms with Gasteiger partial charge < -0.3 is 23.2 Å². The van der Waals surface area contributed by atoms with Crippen LogP contribution in [0.5, 0.6) is 0 Å². The highest BCUT2D eigenvalue weighted by atomic mass is 31.2. The van der Waals surface area contributed by atoms with E-state index in [1.807, 2.05) is 28.1 Å². The van der Waals surface area contributed by atoms with Gasteiger partial charge in [-0.15, -0.1) is 0 Å². The average molecular weight is 568 g/mol. The number of rotatable bonds is 24. The molecule has 39 heavy (non-hydrogen) atoms. The Hall–Kier alpha value is -1.76. The van der Waals surface area contributed by atoms with Crippen molar-refractivity contribution in [3.8, 4) is 0 Å². The van der Waals surface area contributed by atoms with Crippen molar-refractivity contribution in [3.05, 3.63) is 60.8 Å². The van der Waals surface area contributed by atoms with Crippen LogP contribution in [0.1, 0.15) is 84.5 Å². The maximum atomic E-state index is 12.1. The summed E-state index contributed by atoms with van der Waals surface area (Å²) in [5, 5.41) is 0. The van der Waals surface area contributed by atoms with Gasteiger partial charge in [0.05, 0.1) is 27.7 Å². The molecule has 0 saturated heterocycles. The number of hydrogen-bond donors (Lipinski definition) is 0. The molecule has 0 rings (SSSR count). The smallest absolute Gasteiger partial charge is 0.306 e. The van der Waals surface area contributed by atoms with Gasteiger partial charge >= 0.3 is 5.97 Å². The van der Waals surface area contributed by atoms with Crippen LogP contribution >= 0.6 is 7.82 Å². The predicted molar refractivity (Wildman–Crippen MR) is 160 cm³/mol. The topological polar surface area (TPSA) is 84.9 Å². The molecule has 224 valence electrons. The van der Waals surface area contributed by atoms with Gasteiger partial charge in [0.15, 0.2) is 0 Å². The number of ether oxygens (including phenoxy) is 1. The predicted octanol–water partition coefficient (Wildman–Crippen LogP) is 7.22. The number of quaternary nitrogens is 1. The van der Waals surface area contributed by atoms with Crippen LogP contribution in [0.15, 0.2) is 60.8 Å². The van der Waals surface area contributed by atoms with Crippen molar-refractivity contribution < 1.29 is 32.5 Å². The third-order valence-electron chi connectivity index (χ3n) is 5.59. The van der Waals surface area contributed by atoms with Crippen molar-refractivity contribution in [3.63, 3.8) is 0 Å². The highest BCUT2D eigenvalue weighted by Crippen LogP contribution is 2.38. The summed E-state index contributed by atoms with van der Waals surface area (Å²) < 4.78 is 27.7. The number of carbonyl (C=O) groups excluding carboxylic acids is 1. The molecular weight excluding hydrogens is 513 g/mol. The van der Waals surface area contributed by atoms with Crippen molar-refractivity contribution in [2.75, 3.05) is 40.9 Å². The van der Waals surface area contributed by atoms with Crippen molar-refractivity contribution in [1.82, 2.24) is 0 Å². The molecule has 0 bridgehead atoms. The van der Waals surface area contributed by atoms with Crippen molar-refractivity contribution in [2.45, 2.75) is 90.6 Å². The normalized spacial score (nSPS) is 15.3. The molecule has 0 aliphatic rings. The van der Waals surface area contributed by atoms with Crippen LogP contribution < -0.4 is 4.89 Å². The van der Waals surface area contributed by atoms with Crippen molar-refractivity contribution in [2.24, 2.45) is 0 Å². The van der Waals surface area contributed by atoms with Crippen LogP contribution in [-0.4, -0.2) is 57.5 Å². The summed E-state index contributed by atoms with van der Waals surface area (Å²) in [5.41, 5.74) is 0. The lowest BCUT2D eigenvalue weighted by Crippen LogP contribution is -2.37. The standard InChI is InChI=1S/C31H54NO6P/c1-6-8-9-10-11-12-13-14-15-16-17-18-19-20-21-22-23-24-25-26-31(33)38-30(7-2)29-37-39(34,35)36-28-27-32(3,4)5/h8-9,11-12,14-15,17-18,20-21,30H,6-7,10,13,16,19,22-29H2,1-5H3/b9-8-,12-11-,15-14-,18-17-,21-20-. The van der Waals surface area contributed by atoms with Crippen LogP contribution in [0.2, 0.25) is 0 Å². The first-order chi connectivity index (χ1) is 18.6. The molecule has 0 aliphatic carbocycles. The third kappa shape index (κ3) is 27.6. The van der Waals surface area contributed by atoms with Gasteiger partial charge in [-0.25, -0.2) is 0 Å². The highest BCUT2D eigenvalue weighted by molar-refractivity contribution is 7.45. The molecule has 0 aliphatic heterocycles. The van der Waals surface area contributed by atoms with Gasteiger partial charge in [0, 0.05) is 6.42 Å². The van der Waals surface area contributed by atoms with Crippen LogP contribution in [0.4, 0.5) is 0 Å². The van der Waals surface area contributed by atoms with E-state index >= 15 is 0 Å². The Labute approximate surface area is 238 Å².